The summed E-state index contributed by atoms with van der Waals surface area (Å²) < 4.78 is 33.0. The lowest BCUT2D eigenvalue weighted by Gasteiger charge is -2.12. The number of anilines is 2. The molecule has 1 aromatic heterocycles. The largest absolute Gasteiger partial charge is 0.497 e. The average molecular weight is 372 g/mol. The first kappa shape index (κ1) is 15.6. The maximum atomic E-state index is 12.4. The molecule has 2 rings (SSSR count). The van der Waals surface area contributed by atoms with E-state index in [9.17, 15) is 8.42 Å². The molecular formula is C13H14BrN3O3S. The van der Waals surface area contributed by atoms with Crippen LogP contribution in [0.2, 0.25) is 0 Å². The van der Waals surface area contributed by atoms with Crippen LogP contribution in [0.1, 0.15) is 0 Å². The minimum absolute atomic E-state index is 0.0650. The Morgan fingerprint density at radius 2 is 1.90 bits per heavy atom. The Balaban J connectivity index is 2.35. The molecule has 0 bridgehead atoms. The monoisotopic (exact) mass is 371 g/mol. The first-order valence-electron chi connectivity index (χ1n) is 5.96. The standard InChI is InChI=1S/C13H14BrN3O3S/c1-15-13-12(7-9(14)8-16-13)21(18,19)17-10-3-5-11(20-2)6-4-10/h3-8,17H,1-2H3,(H,15,16). The molecule has 0 aliphatic carbocycles. The summed E-state index contributed by atoms with van der Waals surface area (Å²) in [5, 5.41) is 2.76. The number of nitrogens with one attached hydrogen (secondary N) is 2. The summed E-state index contributed by atoms with van der Waals surface area (Å²) in [6.45, 7) is 0. The molecule has 112 valence electrons. The first-order chi connectivity index (χ1) is 9.96. The van der Waals surface area contributed by atoms with E-state index in [1.54, 1.807) is 38.4 Å². The van der Waals surface area contributed by atoms with Crippen LogP contribution < -0.4 is 14.8 Å². The van der Waals surface area contributed by atoms with E-state index < -0.39 is 10.0 Å². The lowest BCUT2D eigenvalue weighted by molar-refractivity contribution is 0.415. The molecule has 0 radical (unpaired) electrons. The van der Waals surface area contributed by atoms with Gasteiger partial charge in [-0.2, -0.15) is 0 Å². The Morgan fingerprint density at radius 3 is 2.48 bits per heavy atom. The molecule has 0 aliphatic rings. The van der Waals surface area contributed by atoms with Crippen LogP contribution in [-0.2, 0) is 10.0 Å². The maximum absolute atomic E-state index is 12.4. The van der Waals surface area contributed by atoms with Crippen molar-refractivity contribution >= 4 is 37.5 Å². The fraction of sp³-hybridized carbons (Fsp3) is 0.154. The minimum Gasteiger partial charge on any atom is -0.497 e. The van der Waals surface area contributed by atoms with Gasteiger partial charge in [0.15, 0.2) is 0 Å². The molecule has 1 heterocycles. The number of pyridine rings is 1. The Bertz CT molecular complexity index is 733. The Morgan fingerprint density at radius 1 is 1.24 bits per heavy atom. The number of hydrogen-bond acceptors (Lipinski definition) is 5. The summed E-state index contributed by atoms with van der Waals surface area (Å²) in [6.07, 6.45) is 1.53. The predicted octanol–water partition coefficient (Wildman–Crippen LogP) is 2.70. The summed E-state index contributed by atoms with van der Waals surface area (Å²) in [7, 11) is -0.583. The smallest absolute Gasteiger partial charge is 0.265 e. The second kappa shape index (κ2) is 6.31. The number of hydrogen-bond donors (Lipinski definition) is 2. The van der Waals surface area contributed by atoms with E-state index in [2.05, 4.69) is 31.0 Å². The van der Waals surface area contributed by atoms with Crippen LogP contribution in [0.15, 0.2) is 45.9 Å². The van der Waals surface area contributed by atoms with Crippen LogP contribution in [0.3, 0.4) is 0 Å². The van der Waals surface area contributed by atoms with Crippen molar-refractivity contribution in [2.75, 3.05) is 24.2 Å². The highest BCUT2D eigenvalue weighted by Crippen LogP contribution is 2.25. The number of aromatic nitrogens is 1. The number of ether oxygens (including phenoxy) is 1. The van der Waals surface area contributed by atoms with Gasteiger partial charge in [-0.25, -0.2) is 13.4 Å². The van der Waals surface area contributed by atoms with Gasteiger partial charge in [-0.1, -0.05) is 0 Å². The predicted molar refractivity (Wildman–Crippen MR) is 85.3 cm³/mol. The van der Waals surface area contributed by atoms with Crippen LogP contribution in [0.5, 0.6) is 5.75 Å². The summed E-state index contributed by atoms with van der Waals surface area (Å²) in [6, 6.07) is 8.10. The van der Waals surface area contributed by atoms with Crippen molar-refractivity contribution in [2.45, 2.75) is 4.90 Å². The Kier molecular flexibility index (Phi) is 4.69. The van der Waals surface area contributed by atoms with Crippen LogP contribution in [0.4, 0.5) is 11.5 Å². The number of methoxy groups -OCH3 is 1. The van der Waals surface area contributed by atoms with Gasteiger partial charge in [-0.3, -0.25) is 4.72 Å². The van der Waals surface area contributed by atoms with Gasteiger partial charge in [-0.05, 0) is 46.3 Å². The fourth-order valence-electron chi connectivity index (χ4n) is 1.68. The third-order valence-electron chi connectivity index (χ3n) is 2.69. The zero-order valence-electron chi connectivity index (χ0n) is 11.4. The van der Waals surface area contributed by atoms with E-state index >= 15 is 0 Å². The van der Waals surface area contributed by atoms with Crippen molar-refractivity contribution in [1.29, 1.82) is 0 Å². The maximum Gasteiger partial charge on any atom is 0.265 e. The highest BCUT2D eigenvalue weighted by atomic mass is 79.9. The van der Waals surface area contributed by atoms with Crippen molar-refractivity contribution in [1.82, 2.24) is 4.98 Å². The fourth-order valence-corrected chi connectivity index (χ4v) is 3.41. The van der Waals surface area contributed by atoms with Crippen molar-refractivity contribution in [3.05, 3.63) is 41.0 Å². The van der Waals surface area contributed by atoms with E-state index in [1.807, 2.05) is 0 Å². The molecule has 2 aromatic rings. The number of rotatable bonds is 5. The molecule has 6 nitrogen and oxygen atoms in total. The van der Waals surface area contributed by atoms with E-state index in [0.717, 1.165) is 0 Å². The molecular weight excluding hydrogens is 358 g/mol. The zero-order valence-corrected chi connectivity index (χ0v) is 13.8. The summed E-state index contributed by atoms with van der Waals surface area (Å²) in [5.41, 5.74) is 0.442. The molecule has 0 spiro atoms. The molecule has 0 fully saturated rings. The summed E-state index contributed by atoms with van der Waals surface area (Å²) in [4.78, 5) is 4.10. The third kappa shape index (κ3) is 3.64. The SMILES string of the molecule is CNc1ncc(Br)cc1S(=O)(=O)Nc1ccc(OC)cc1. The molecule has 0 saturated heterocycles. The zero-order chi connectivity index (χ0) is 15.5. The van der Waals surface area contributed by atoms with Crippen LogP contribution in [0, 0.1) is 0 Å². The second-order valence-corrected chi connectivity index (χ2v) is 6.65. The molecule has 0 saturated carbocycles. The molecule has 0 aliphatic heterocycles. The van der Waals surface area contributed by atoms with Crippen LogP contribution >= 0.6 is 15.9 Å². The van der Waals surface area contributed by atoms with E-state index in [-0.39, 0.29) is 10.7 Å². The van der Waals surface area contributed by atoms with E-state index in [1.165, 1.54) is 12.3 Å². The van der Waals surface area contributed by atoms with Gasteiger partial charge < -0.3 is 10.1 Å². The van der Waals surface area contributed by atoms with Gasteiger partial charge in [0.25, 0.3) is 10.0 Å². The number of sulfonamides is 1. The van der Waals surface area contributed by atoms with E-state index in [0.29, 0.717) is 15.9 Å². The normalized spacial score (nSPS) is 11.0. The van der Waals surface area contributed by atoms with Crippen molar-refractivity contribution in [3.63, 3.8) is 0 Å². The Hall–Kier alpha value is -1.80. The van der Waals surface area contributed by atoms with Crippen molar-refractivity contribution < 1.29 is 13.2 Å². The van der Waals surface area contributed by atoms with Crippen LogP contribution in [0.25, 0.3) is 0 Å². The summed E-state index contributed by atoms with van der Waals surface area (Å²) >= 11 is 3.22. The topological polar surface area (TPSA) is 80.3 Å². The molecule has 1 aromatic carbocycles. The Labute approximate surface area is 131 Å². The van der Waals surface area contributed by atoms with Gasteiger partial charge in [0.2, 0.25) is 0 Å². The average Bonchev–Trinajstić information content (AvgIpc) is 2.47. The third-order valence-corrected chi connectivity index (χ3v) is 4.52. The van der Waals surface area contributed by atoms with Crippen LogP contribution in [-0.4, -0.2) is 27.6 Å². The highest BCUT2D eigenvalue weighted by molar-refractivity contribution is 9.10. The van der Waals surface area contributed by atoms with Gasteiger partial charge in [-0.15, -0.1) is 0 Å². The molecule has 0 amide bonds. The lowest BCUT2D eigenvalue weighted by Crippen LogP contribution is -2.15. The van der Waals surface area contributed by atoms with E-state index in [4.69, 9.17) is 4.74 Å². The van der Waals surface area contributed by atoms with Gasteiger partial charge in [0.1, 0.15) is 16.5 Å². The van der Waals surface area contributed by atoms with Gasteiger partial charge >= 0.3 is 0 Å². The van der Waals surface area contributed by atoms with Gasteiger partial charge in [0, 0.05) is 23.4 Å². The number of benzene rings is 1. The highest BCUT2D eigenvalue weighted by Gasteiger charge is 2.20. The number of halogens is 1. The molecule has 0 atom stereocenters. The van der Waals surface area contributed by atoms with Crippen molar-refractivity contribution in [2.24, 2.45) is 0 Å². The lowest BCUT2D eigenvalue weighted by atomic mass is 10.3. The van der Waals surface area contributed by atoms with Crippen molar-refractivity contribution in [3.8, 4) is 5.75 Å². The number of nitrogens with zero attached hydrogens (tertiary/aromatic N) is 1. The second-order valence-electron chi connectivity index (χ2n) is 4.08. The molecule has 2 N–H and O–H groups in total. The molecule has 8 heteroatoms. The molecule has 21 heavy (non-hydrogen) atoms. The van der Waals surface area contributed by atoms with Gasteiger partial charge in [0.05, 0.1) is 7.11 Å². The summed E-state index contributed by atoms with van der Waals surface area (Å²) in [5.74, 6) is 0.928. The minimum atomic E-state index is -3.74. The first-order valence-corrected chi connectivity index (χ1v) is 8.24. The quantitative estimate of drug-likeness (QED) is 0.844. The molecule has 0 unspecified atom stereocenters.